The van der Waals surface area contributed by atoms with Gasteiger partial charge >= 0.3 is 0 Å². The lowest BCUT2D eigenvalue weighted by molar-refractivity contribution is -0.125. The Morgan fingerprint density at radius 2 is 2.00 bits per heavy atom. The second kappa shape index (κ2) is 7.58. The number of carbonyl (C=O) groups is 1. The molecule has 1 amide bonds. The third kappa shape index (κ3) is 3.51. The van der Waals surface area contributed by atoms with Gasteiger partial charge in [-0.15, -0.1) is 0 Å². The van der Waals surface area contributed by atoms with Crippen molar-refractivity contribution in [3.63, 3.8) is 0 Å². The Balaban J connectivity index is 1.38. The van der Waals surface area contributed by atoms with Crippen molar-refractivity contribution >= 4 is 5.91 Å². The first-order valence-electron chi connectivity index (χ1n) is 9.55. The smallest absolute Gasteiger partial charge is 0.224 e. The van der Waals surface area contributed by atoms with Gasteiger partial charge < -0.3 is 5.32 Å². The molecule has 2 aromatic carbocycles. The standard InChI is InChI=1S/C22H25FN2O/c23-18-9-4-6-16(14-18)11-12-24-22(26)19-15-21(17-7-2-1-3-8-17)25-13-5-10-20(19)25/h1-4,6-9,14,19-21H,5,10-13,15H2,(H,24,26)/t19-,20+,21-/m1/s1. The molecule has 0 unspecified atom stereocenters. The monoisotopic (exact) mass is 352 g/mol. The van der Waals surface area contributed by atoms with Crippen LogP contribution in [0.2, 0.25) is 0 Å². The fraction of sp³-hybridized carbons (Fsp3) is 0.409. The van der Waals surface area contributed by atoms with E-state index in [4.69, 9.17) is 0 Å². The van der Waals surface area contributed by atoms with Gasteiger partial charge in [-0.3, -0.25) is 9.69 Å². The van der Waals surface area contributed by atoms with Crippen LogP contribution in [0.4, 0.5) is 4.39 Å². The lowest BCUT2D eigenvalue weighted by Crippen LogP contribution is -2.38. The minimum absolute atomic E-state index is 0.0511. The van der Waals surface area contributed by atoms with Gasteiger partial charge in [0.2, 0.25) is 5.91 Å². The predicted octanol–water partition coefficient (Wildman–Crippen LogP) is 3.71. The molecule has 26 heavy (non-hydrogen) atoms. The molecule has 2 heterocycles. The van der Waals surface area contributed by atoms with Crippen LogP contribution >= 0.6 is 0 Å². The number of nitrogens with zero attached hydrogens (tertiary/aromatic N) is 1. The zero-order valence-corrected chi connectivity index (χ0v) is 14.9. The second-order valence-corrected chi connectivity index (χ2v) is 7.39. The van der Waals surface area contributed by atoms with Gasteiger partial charge in [0.25, 0.3) is 0 Å². The molecular weight excluding hydrogens is 327 g/mol. The van der Waals surface area contributed by atoms with Gasteiger partial charge in [0, 0.05) is 18.6 Å². The van der Waals surface area contributed by atoms with Crippen LogP contribution in [0.15, 0.2) is 54.6 Å². The molecule has 2 saturated heterocycles. The summed E-state index contributed by atoms with van der Waals surface area (Å²) < 4.78 is 13.3. The molecule has 1 N–H and O–H groups in total. The Labute approximate surface area is 154 Å². The molecule has 4 rings (SSSR count). The molecule has 3 nitrogen and oxygen atoms in total. The number of halogens is 1. The van der Waals surface area contributed by atoms with Crippen molar-refractivity contribution in [2.75, 3.05) is 13.1 Å². The van der Waals surface area contributed by atoms with Crippen LogP contribution in [0, 0.1) is 11.7 Å². The van der Waals surface area contributed by atoms with Crippen LogP contribution in [-0.4, -0.2) is 29.9 Å². The molecule has 2 fully saturated rings. The number of hydrogen-bond acceptors (Lipinski definition) is 2. The number of nitrogens with one attached hydrogen (secondary N) is 1. The highest BCUT2D eigenvalue weighted by molar-refractivity contribution is 5.80. The zero-order valence-electron chi connectivity index (χ0n) is 14.9. The van der Waals surface area contributed by atoms with Gasteiger partial charge in [-0.25, -0.2) is 4.39 Å². The van der Waals surface area contributed by atoms with Crippen molar-refractivity contribution in [3.8, 4) is 0 Å². The predicted molar refractivity (Wildman–Crippen MR) is 100 cm³/mol. The van der Waals surface area contributed by atoms with Gasteiger partial charge in [-0.2, -0.15) is 0 Å². The van der Waals surface area contributed by atoms with E-state index in [0.29, 0.717) is 25.0 Å². The van der Waals surface area contributed by atoms with E-state index in [1.165, 1.54) is 24.1 Å². The number of carbonyl (C=O) groups excluding carboxylic acids is 1. The summed E-state index contributed by atoms with van der Waals surface area (Å²) in [5.41, 5.74) is 2.23. The normalized spacial score (nSPS) is 25.2. The van der Waals surface area contributed by atoms with E-state index in [1.807, 2.05) is 12.1 Å². The Hall–Kier alpha value is -2.20. The van der Waals surface area contributed by atoms with Gasteiger partial charge in [0.05, 0.1) is 5.92 Å². The van der Waals surface area contributed by atoms with Crippen LogP contribution < -0.4 is 5.32 Å². The van der Waals surface area contributed by atoms with E-state index in [9.17, 15) is 9.18 Å². The maximum Gasteiger partial charge on any atom is 0.224 e. The lowest BCUT2D eigenvalue weighted by Gasteiger charge is -2.24. The van der Waals surface area contributed by atoms with Gasteiger partial charge in [0.15, 0.2) is 0 Å². The minimum atomic E-state index is -0.225. The highest BCUT2D eigenvalue weighted by Crippen LogP contribution is 2.44. The van der Waals surface area contributed by atoms with E-state index >= 15 is 0 Å². The van der Waals surface area contributed by atoms with Crippen LogP contribution in [0.3, 0.4) is 0 Å². The Morgan fingerprint density at radius 3 is 2.81 bits per heavy atom. The molecule has 0 aromatic heterocycles. The molecule has 0 aliphatic carbocycles. The summed E-state index contributed by atoms with van der Waals surface area (Å²) in [5.74, 6) is -0.0242. The largest absolute Gasteiger partial charge is 0.355 e. The number of fused-ring (bicyclic) bond motifs is 1. The summed E-state index contributed by atoms with van der Waals surface area (Å²) in [6.07, 6.45) is 3.82. The summed E-state index contributed by atoms with van der Waals surface area (Å²) >= 11 is 0. The number of hydrogen-bond donors (Lipinski definition) is 1. The zero-order chi connectivity index (χ0) is 17.9. The molecule has 0 spiro atoms. The quantitative estimate of drug-likeness (QED) is 0.890. The molecule has 3 atom stereocenters. The molecule has 0 bridgehead atoms. The average molecular weight is 352 g/mol. The lowest BCUT2D eigenvalue weighted by atomic mass is 9.93. The number of rotatable bonds is 5. The fourth-order valence-electron chi connectivity index (χ4n) is 4.61. The molecule has 2 aliphatic rings. The first-order chi connectivity index (χ1) is 12.7. The molecule has 0 saturated carbocycles. The van der Waals surface area contributed by atoms with Gasteiger partial charge in [-0.1, -0.05) is 42.5 Å². The van der Waals surface area contributed by atoms with Crippen LogP contribution in [0.25, 0.3) is 0 Å². The Bertz CT molecular complexity index is 764. The first-order valence-corrected chi connectivity index (χ1v) is 9.55. The molecular formula is C22H25FN2O. The maximum absolute atomic E-state index is 13.3. The second-order valence-electron chi connectivity index (χ2n) is 7.39. The summed E-state index contributed by atoms with van der Waals surface area (Å²) in [4.78, 5) is 15.3. The van der Waals surface area contributed by atoms with E-state index < -0.39 is 0 Å². The van der Waals surface area contributed by atoms with Crippen LogP contribution in [0.5, 0.6) is 0 Å². The van der Waals surface area contributed by atoms with Crippen LogP contribution in [0.1, 0.15) is 36.4 Å². The summed E-state index contributed by atoms with van der Waals surface area (Å²) in [6, 6.07) is 17.8. The fourth-order valence-corrected chi connectivity index (χ4v) is 4.61. The van der Waals surface area contributed by atoms with Crippen molar-refractivity contribution in [1.82, 2.24) is 10.2 Å². The molecule has 2 aromatic rings. The van der Waals surface area contributed by atoms with Gasteiger partial charge in [0.1, 0.15) is 5.82 Å². The third-order valence-electron chi connectivity index (χ3n) is 5.81. The minimum Gasteiger partial charge on any atom is -0.355 e. The Morgan fingerprint density at radius 1 is 1.15 bits per heavy atom. The van der Waals surface area contributed by atoms with Crippen molar-refractivity contribution in [2.24, 2.45) is 5.92 Å². The van der Waals surface area contributed by atoms with E-state index in [1.54, 1.807) is 6.07 Å². The van der Waals surface area contributed by atoms with Crippen molar-refractivity contribution in [3.05, 3.63) is 71.5 Å². The van der Waals surface area contributed by atoms with E-state index in [0.717, 1.165) is 24.9 Å². The van der Waals surface area contributed by atoms with Crippen LogP contribution in [-0.2, 0) is 11.2 Å². The highest BCUT2D eigenvalue weighted by Gasteiger charge is 2.46. The maximum atomic E-state index is 13.3. The number of benzene rings is 2. The van der Waals surface area contributed by atoms with Gasteiger partial charge in [-0.05, 0) is 55.5 Å². The average Bonchev–Trinajstić information content (AvgIpc) is 3.25. The van der Waals surface area contributed by atoms with Crippen molar-refractivity contribution in [2.45, 2.75) is 37.8 Å². The Kier molecular flexibility index (Phi) is 5.02. The first kappa shape index (κ1) is 17.2. The molecule has 136 valence electrons. The summed E-state index contributed by atoms with van der Waals surface area (Å²) in [5, 5.41) is 3.09. The highest BCUT2D eigenvalue weighted by atomic mass is 19.1. The molecule has 2 aliphatic heterocycles. The molecule has 4 heteroatoms. The third-order valence-corrected chi connectivity index (χ3v) is 5.81. The van der Waals surface area contributed by atoms with E-state index in [2.05, 4.69) is 34.5 Å². The SMILES string of the molecule is O=C(NCCc1cccc(F)c1)[C@@H]1C[C@H](c2ccccc2)N2CCC[C@@H]12. The van der Waals surface area contributed by atoms with Crippen molar-refractivity contribution in [1.29, 1.82) is 0 Å². The topological polar surface area (TPSA) is 32.3 Å². The summed E-state index contributed by atoms with van der Waals surface area (Å²) in [7, 11) is 0. The van der Waals surface area contributed by atoms with E-state index in [-0.39, 0.29) is 17.6 Å². The van der Waals surface area contributed by atoms with Crippen molar-refractivity contribution < 1.29 is 9.18 Å². The molecule has 0 radical (unpaired) electrons. The summed E-state index contributed by atoms with van der Waals surface area (Å²) in [6.45, 7) is 1.64. The number of amides is 1.